The fourth-order valence-electron chi connectivity index (χ4n) is 4.89. The van der Waals surface area contributed by atoms with Crippen molar-refractivity contribution in [2.45, 2.75) is 26.3 Å². The van der Waals surface area contributed by atoms with Crippen molar-refractivity contribution in [3.05, 3.63) is 29.3 Å². The van der Waals surface area contributed by atoms with Crippen LogP contribution in [0.4, 0.5) is 10.5 Å². The summed E-state index contributed by atoms with van der Waals surface area (Å²) in [7, 11) is 0. The van der Waals surface area contributed by atoms with Gasteiger partial charge in [-0.1, -0.05) is 12.1 Å². The number of anilines is 1. The zero-order valence-electron chi connectivity index (χ0n) is 18.4. The Kier molecular flexibility index (Phi) is 7.12. The van der Waals surface area contributed by atoms with Gasteiger partial charge >= 0.3 is 6.03 Å². The number of benzene rings is 1. The lowest BCUT2D eigenvalue weighted by atomic mass is 9.97. The smallest absolute Gasteiger partial charge is 0.317 e. The molecule has 3 fully saturated rings. The molecule has 2 amide bonds. The van der Waals surface area contributed by atoms with Crippen LogP contribution in [-0.4, -0.2) is 94.1 Å². The zero-order chi connectivity index (χ0) is 20.9. The van der Waals surface area contributed by atoms with Gasteiger partial charge in [-0.05, 0) is 37.5 Å². The molecule has 0 saturated carbocycles. The molecule has 3 aliphatic heterocycles. The van der Waals surface area contributed by atoms with Crippen LogP contribution >= 0.6 is 0 Å². The van der Waals surface area contributed by atoms with Crippen molar-refractivity contribution in [2.75, 3.05) is 77.1 Å². The van der Waals surface area contributed by atoms with Crippen LogP contribution in [0.5, 0.6) is 0 Å². The molecule has 1 aromatic carbocycles. The first-order valence-corrected chi connectivity index (χ1v) is 11.4. The normalized spacial score (nSPS) is 24.1. The van der Waals surface area contributed by atoms with Gasteiger partial charge in [-0.3, -0.25) is 4.90 Å². The number of carbonyl (C=O) groups is 1. The number of urea groups is 1. The van der Waals surface area contributed by atoms with Crippen LogP contribution in [0.2, 0.25) is 0 Å². The number of amides is 2. The molecule has 1 N–H and O–H groups in total. The lowest BCUT2D eigenvalue weighted by Gasteiger charge is -2.39. The summed E-state index contributed by atoms with van der Waals surface area (Å²) in [6.45, 7) is 13.3. The number of piperazine rings is 1. The molecule has 3 saturated heterocycles. The van der Waals surface area contributed by atoms with Gasteiger partial charge in [-0.15, -0.1) is 0 Å². The van der Waals surface area contributed by atoms with Gasteiger partial charge in [-0.2, -0.15) is 0 Å². The molecular formula is C23H36N4O3. The van der Waals surface area contributed by atoms with Gasteiger partial charge in [0, 0.05) is 70.1 Å². The van der Waals surface area contributed by atoms with Crippen LogP contribution in [0, 0.1) is 19.8 Å². The van der Waals surface area contributed by atoms with E-state index in [1.54, 1.807) is 0 Å². The van der Waals surface area contributed by atoms with Gasteiger partial charge in [-0.25, -0.2) is 4.79 Å². The predicted octanol–water partition coefficient (Wildman–Crippen LogP) is 1.87. The van der Waals surface area contributed by atoms with Crippen molar-refractivity contribution in [1.82, 2.24) is 15.1 Å². The summed E-state index contributed by atoms with van der Waals surface area (Å²) >= 11 is 0. The molecule has 0 aromatic heterocycles. The van der Waals surface area contributed by atoms with E-state index in [1.165, 1.54) is 16.8 Å². The molecule has 7 nitrogen and oxygen atoms in total. The Balaban J connectivity index is 1.29. The number of nitrogens with one attached hydrogen (secondary N) is 1. The van der Waals surface area contributed by atoms with Crippen LogP contribution in [0.3, 0.4) is 0 Å². The topological polar surface area (TPSA) is 57.3 Å². The minimum atomic E-state index is 0.0628. The second kappa shape index (κ2) is 9.98. The number of aryl methyl sites for hydroxylation is 1. The average molecular weight is 417 g/mol. The molecule has 2 atom stereocenters. The van der Waals surface area contributed by atoms with Crippen molar-refractivity contribution in [3.8, 4) is 0 Å². The van der Waals surface area contributed by atoms with Crippen LogP contribution in [-0.2, 0) is 9.47 Å². The second-order valence-corrected chi connectivity index (χ2v) is 8.72. The summed E-state index contributed by atoms with van der Waals surface area (Å²) in [6.07, 6.45) is 1.08. The zero-order valence-corrected chi connectivity index (χ0v) is 18.4. The fraction of sp³-hybridized carbons (Fsp3) is 0.696. The summed E-state index contributed by atoms with van der Waals surface area (Å²) in [5.74, 6) is 0.490. The van der Waals surface area contributed by atoms with Crippen molar-refractivity contribution in [1.29, 1.82) is 0 Å². The van der Waals surface area contributed by atoms with Gasteiger partial charge in [0.05, 0.1) is 19.8 Å². The number of hydrogen-bond donors (Lipinski definition) is 1. The van der Waals surface area contributed by atoms with E-state index >= 15 is 0 Å². The lowest BCUT2D eigenvalue weighted by Crippen LogP contribution is -2.56. The Morgan fingerprint density at radius 3 is 2.53 bits per heavy atom. The largest absolute Gasteiger partial charge is 0.381 e. The molecule has 0 aliphatic carbocycles. The van der Waals surface area contributed by atoms with E-state index in [4.69, 9.17) is 9.47 Å². The summed E-state index contributed by atoms with van der Waals surface area (Å²) in [6, 6.07) is 6.86. The highest BCUT2D eigenvalue weighted by atomic mass is 16.5. The molecule has 0 unspecified atom stereocenters. The Morgan fingerprint density at radius 2 is 1.83 bits per heavy atom. The first-order chi connectivity index (χ1) is 14.6. The number of ether oxygens (including phenoxy) is 2. The molecule has 7 heteroatoms. The Hall–Kier alpha value is -1.83. The third kappa shape index (κ3) is 4.90. The van der Waals surface area contributed by atoms with E-state index in [9.17, 15) is 4.79 Å². The number of carbonyl (C=O) groups excluding carboxylic acids is 1. The van der Waals surface area contributed by atoms with Crippen molar-refractivity contribution >= 4 is 11.7 Å². The Morgan fingerprint density at radius 1 is 1.07 bits per heavy atom. The van der Waals surface area contributed by atoms with Crippen molar-refractivity contribution in [3.63, 3.8) is 0 Å². The van der Waals surface area contributed by atoms with Crippen LogP contribution in [0.25, 0.3) is 0 Å². The average Bonchev–Trinajstić information content (AvgIpc) is 3.31. The number of hydrogen-bond acceptors (Lipinski definition) is 5. The SMILES string of the molecule is Cc1cccc(N2CCN(C(=O)NC[C@H]([C@@H]3CCOC3)N3CCOCC3)CC2)c1C. The summed E-state index contributed by atoms with van der Waals surface area (Å²) in [5.41, 5.74) is 3.95. The first-order valence-electron chi connectivity index (χ1n) is 11.4. The first kappa shape index (κ1) is 21.4. The predicted molar refractivity (Wildman–Crippen MR) is 118 cm³/mol. The maximum Gasteiger partial charge on any atom is 0.317 e. The Labute approximate surface area is 180 Å². The van der Waals surface area contributed by atoms with Gasteiger partial charge in [0.2, 0.25) is 0 Å². The summed E-state index contributed by atoms with van der Waals surface area (Å²) in [4.78, 5) is 19.7. The third-order valence-electron chi connectivity index (χ3n) is 6.97. The highest BCUT2D eigenvalue weighted by molar-refractivity contribution is 5.74. The maximum atomic E-state index is 12.9. The van der Waals surface area contributed by atoms with Crippen molar-refractivity contribution < 1.29 is 14.3 Å². The van der Waals surface area contributed by atoms with E-state index in [1.807, 2.05) is 4.90 Å². The fourth-order valence-corrected chi connectivity index (χ4v) is 4.89. The molecule has 0 bridgehead atoms. The minimum Gasteiger partial charge on any atom is -0.381 e. The summed E-state index contributed by atoms with van der Waals surface area (Å²) in [5, 5.41) is 3.23. The van der Waals surface area contributed by atoms with E-state index in [2.05, 4.69) is 47.2 Å². The molecule has 0 spiro atoms. The molecule has 0 radical (unpaired) electrons. The highest BCUT2D eigenvalue weighted by Crippen LogP contribution is 2.24. The lowest BCUT2D eigenvalue weighted by molar-refractivity contribution is 0.00185. The number of nitrogens with zero attached hydrogens (tertiary/aromatic N) is 3. The molecule has 166 valence electrons. The minimum absolute atomic E-state index is 0.0628. The highest BCUT2D eigenvalue weighted by Gasteiger charge is 2.32. The third-order valence-corrected chi connectivity index (χ3v) is 6.97. The van der Waals surface area contributed by atoms with Crippen LogP contribution in [0.1, 0.15) is 17.5 Å². The molecule has 30 heavy (non-hydrogen) atoms. The van der Waals surface area contributed by atoms with Gasteiger partial charge in [0.1, 0.15) is 0 Å². The van der Waals surface area contributed by atoms with Crippen LogP contribution in [0.15, 0.2) is 18.2 Å². The number of rotatable bonds is 5. The number of morpholine rings is 1. The maximum absolute atomic E-state index is 12.9. The van der Waals surface area contributed by atoms with Gasteiger partial charge < -0.3 is 24.6 Å². The second-order valence-electron chi connectivity index (χ2n) is 8.72. The summed E-state index contributed by atoms with van der Waals surface area (Å²) < 4.78 is 11.2. The monoisotopic (exact) mass is 416 g/mol. The Bertz CT molecular complexity index is 708. The van der Waals surface area contributed by atoms with Gasteiger partial charge in [0.25, 0.3) is 0 Å². The quantitative estimate of drug-likeness (QED) is 0.794. The van der Waals surface area contributed by atoms with E-state index in [0.717, 1.165) is 72.1 Å². The molecule has 4 rings (SSSR count). The standard InChI is InChI=1S/C23H36N4O3/c1-18-4-3-5-21(19(18)2)25-7-9-27(10-8-25)23(28)24-16-22(20-6-13-30-17-20)26-11-14-29-15-12-26/h3-5,20,22H,6-17H2,1-2H3,(H,24,28)/t20-,22-/m1/s1. The van der Waals surface area contributed by atoms with E-state index < -0.39 is 0 Å². The van der Waals surface area contributed by atoms with Crippen molar-refractivity contribution in [2.24, 2.45) is 5.92 Å². The van der Waals surface area contributed by atoms with E-state index in [0.29, 0.717) is 18.5 Å². The molecule has 3 aliphatic rings. The van der Waals surface area contributed by atoms with Crippen LogP contribution < -0.4 is 10.2 Å². The molecular weight excluding hydrogens is 380 g/mol. The molecule has 1 aromatic rings. The van der Waals surface area contributed by atoms with E-state index in [-0.39, 0.29) is 6.03 Å². The molecule has 3 heterocycles. The van der Waals surface area contributed by atoms with Gasteiger partial charge in [0.15, 0.2) is 0 Å².